The third kappa shape index (κ3) is 53.6. The Bertz CT molecular complexity index is 1570. The van der Waals surface area contributed by atoms with Gasteiger partial charge in [0, 0.05) is 12.8 Å². The molecular weight excluding hydrogens is 928 g/mol. The zero-order valence-electron chi connectivity index (χ0n) is 47.8. The van der Waals surface area contributed by atoms with Gasteiger partial charge >= 0.3 is 13.8 Å². The highest BCUT2D eigenvalue weighted by atomic mass is 31.2. The number of hydrogen-bond donors (Lipinski definition) is 2. The molecule has 0 aromatic carbocycles. The quantitative estimate of drug-likeness (QED) is 0.0205. The van der Waals surface area contributed by atoms with Gasteiger partial charge < -0.3 is 19.4 Å². The number of phosphoric ester groups is 1. The van der Waals surface area contributed by atoms with Crippen molar-refractivity contribution >= 4 is 19.7 Å². The molecule has 10 heteroatoms. The minimum absolute atomic E-state index is 0.0241. The number of phosphoric acid groups is 1. The average molecular weight is 1040 g/mol. The number of rotatable bonds is 52. The van der Waals surface area contributed by atoms with Crippen LogP contribution in [-0.4, -0.2) is 74.3 Å². The van der Waals surface area contributed by atoms with Crippen molar-refractivity contribution in [3.63, 3.8) is 0 Å². The van der Waals surface area contributed by atoms with Crippen LogP contribution in [0.3, 0.4) is 0 Å². The van der Waals surface area contributed by atoms with E-state index in [0.717, 1.165) is 89.9 Å². The molecule has 0 saturated carbocycles. The number of hydrogen-bond acceptors (Lipinski definition) is 6. The maximum atomic E-state index is 13.5. The lowest BCUT2D eigenvalue weighted by Gasteiger charge is -2.27. The van der Waals surface area contributed by atoms with E-state index in [0.29, 0.717) is 23.9 Å². The van der Waals surface area contributed by atoms with Gasteiger partial charge in [0.25, 0.3) is 0 Å². The lowest BCUT2D eigenvalue weighted by atomic mass is 10.1. The van der Waals surface area contributed by atoms with E-state index in [1.807, 2.05) is 39.4 Å². The summed E-state index contributed by atoms with van der Waals surface area (Å²) in [5.41, 5.74) is 0. The summed E-state index contributed by atoms with van der Waals surface area (Å²) in [6.07, 6.45) is 69.9. The molecule has 3 atom stereocenters. The van der Waals surface area contributed by atoms with Crippen LogP contribution in [0.15, 0.2) is 97.2 Å². The van der Waals surface area contributed by atoms with E-state index < -0.39 is 25.9 Å². The van der Waals surface area contributed by atoms with Gasteiger partial charge in [-0.05, 0) is 96.0 Å². The second-order valence-electron chi connectivity index (χ2n) is 20.8. The third-order valence-corrected chi connectivity index (χ3v) is 13.5. The molecule has 0 saturated heterocycles. The molecule has 0 aromatic rings. The zero-order chi connectivity index (χ0) is 53.6. The molecule has 420 valence electrons. The summed E-state index contributed by atoms with van der Waals surface area (Å²) < 4.78 is 30.5. The highest BCUT2D eigenvalue weighted by Gasteiger charge is 2.30. The molecule has 3 unspecified atom stereocenters. The van der Waals surface area contributed by atoms with Gasteiger partial charge in [-0.25, -0.2) is 4.57 Å². The first kappa shape index (κ1) is 69.9. The number of nitrogens with zero attached hydrogens (tertiary/aromatic N) is 1. The van der Waals surface area contributed by atoms with E-state index in [2.05, 4.69) is 105 Å². The van der Waals surface area contributed by atoms with E-state index in [9.17, 15) is 19.0 Å². The SMILES string of the molecule is CC/C=C\C/C=C\C/C=C\C/C=C\C/C=C\C/C=C\CCC(=O)OC(/C=C/CCCCCCCCCCC)C(COP(=O)(O)OCC[N+](C)(C)C)NC(=O)CCCCCCCCC/C=C/CCCCCCCC. The van der Waals surface area contributed by atoms with Crippen molar-refractivity contribution in [1.29, 1.82) is 0 Å². The van der Waals surface area contributed by atoms with Crippen LogP contribution < -0.4 is 5.32 Å². The number of esters is 1. The van der Waals surface area contributed by atoms with Crippen molar-refractivity contribution in [1.82, 2.24) is 5.32 Å². The van der Waals surface area contributed by atoms with E-state index in [4.69, 9.17) is 13.8 Å². The number of likely N-dealkylation sites (N-methyl/N-ethyl adjacent to an activating group) is 1. The molecule has 9 nitrogen and oxygen atoms in total. The van der Waals surface area contributed by atoms with Gasteiger partial charge in [0.15, 0.2) is 0 Å². The number of ether oxygens (including phenoxy) is 1. The van der Waals surface area contributed by atoms with Crippen LogP contribution in [0.2, 0.25) is 0 Å². The predicted molar refractivity (Wildman–Crippen MR) is 314 cm³/mol. The Morgan fingerprint density at radius 1 is 0.493 bits per heavy atom. The standard InChI is InChI=1S/C63H111N2O7P/c1-7-10-13-16-19-22-25-27-29-31-32-34-36-38-41-44-47-50-53-56-63(67)72-61(54-51-48-45-42-39-24-21-18-15-12-9-3)60(59-71-73(68,69)70-58-57-65(4,5)6)64-62(66)55-52-49-46-43-40-37-35-33-30-28-26-23-20-17-14-11-8-2/h10,13,19,22,27-30,32,34,38,41,47,50-51,54,60-61H,7-9,11-12,14-18,20-21,23-26,31,33,35-37,39-40,42-46,48-49,52-53,55-59H2,1-6H3,(H-,64,66,68,69)/p+1/b13-10-,22-19-,29-27-,30-28+,34-32-,41-38-,50-47-,54-51+. The fourth-order valence-electron chi connectivity index (χ4n) is 7.96. The molecule has 1 amide bonds. The molecular formula is C63H112N2O7P+. The van der Waals surface area contributed by atoms with E-state index in [1.54, 1.807) is 0 Å². The van der Waals surface area contributed by atoms with Gasteiger partial charge in [-0.1, -0.05) is 227 Å². The molecule has 0 fully saturated rings. The Balaban J connectivity index is 5.41. The Hall–Kier alpha value is -3.07. The Kier molecular flexibility index (Phi) is 50.2. The fraction of sp³-hybridized carbons (Fsp3) is 0.714. The second-order valence-corrected chi connectivity index (χ2v) is 22.2. The van der Waals surface area contributed by atoms with Crippen LogP contribution in [0.1, 0.15) is 239 Å². The molecule has 0 bridgehead atoms. The molecule has 73 heavy (non-hydrogen) atoms. The molecule has 2 N–H and O–H groups in total. The summed E-state index contributed by atoms with van der Waals surface area (Å²) in [6, 6.07) is -0.885. The van der Waals surface area contributed by atoms with Gasteiger partial charge in [0.1, 0.15) is 19.3 Å². The maximum absolute atomic E-state index is 13.5. The number of carbonyl (C=O) groups is 2. The van der Waals surface area contributed by atoms with Gasteiger partial charge in [-0.3, -0.25) is 18.6 Å². The number of nitrogens with one attached hydrogen (secondary N) is 1. The summed E-state index contributed by atoms with van der Waals surface area (Å²) in [5, 5.41) is 3.03. The van der Waals surface area contributed by atoms with Crippen molar-refractivity contribution in [2.45, 2.75) is 251 Å². The third-order valence-electron chi connectivity index (χ3n) is 12.5. The normalized spacial score (nSPS) is 14.5. The first-order chi connectivity index (χ1) is 35.4. The zero-order valence-corrected chi connectivity index (χ0v) is 48.7. The Morgan fingerprint density at radius 3 is 1.34 bits per heavy atom. The lowest BCUT2D eigenvalue weighted by Crippen LogP contribution is -2.47. The summed E-state index contributed by atoms with van der Waals surface area (Å²) >= 11 is 0. The smallest absolute Gasteiger partial charge is 0.456 e. The molecule has 0 heterocycles. The van der Waals surface area contributed by atoms with Crippen molar-refractivity contribution in [3.05, 3.63) is 97.2 Å². The second kappa shape index (κ2) is 52.4. The van der Waals surface area contributed by atoms with Crippen molar-refractivity contribution in [3.8, 4) is 0 Å². The first-order valence-corrected chi connectivity index (χ1v) is 31.1. The van der Waals surface area contributed by atoms with Crippen LogP contribution in [0, 0.1) is 0 Å². The maximum Gasteiger partial charge on any atom is 0.472 e. The van der Waals surface area contributed by atoms with Crippen molar-refractivity contribution in [2.75, 3.05) is 40.9 Å². The molecule has 0 aliphatic carbocycles. The van der Waals surface area contributed by atoms with Crippen molar-refractivity contribution in [2.24, 2.45) is 0 Å². The Labute approximate surface area is 449 Å². The molecule has 0 spiro atoms. The Morgan fingerprint density at radius 2 is 0.890 bits per heavy atom. The van der Waals surface area contributed by atoms with E-state index in [-0.39, 0.29) is 25.5 Å². The number of allylic oxidation sites excluding steroid dienone is 15. The van der Waals surface area contributed by atoms with E-state index in [1.165, 1.54) is 109 Å². The summed E-state index contributed by atoms with van der Waals surface area (Å²) in [6.45, 7) is 6.83. The molecule has 0 rings (SSSR count). The molecule has 0 aromatic heterocycles. The lowest BCUT2D eigenvalue weighted by molar-refractivity contribution is -0.870. The summed E-state index contributed by atoms with van der Waals surface area (Å²) in [4.78, 5) is 37.6. The predicted octanol–water partition coefficient (Wildman–Crippen LogP) is 18.0. The van der Waals surface area contributed by atoms with Crippen LogP contribution >= 0.6 is 7.82 Å². The summed E-state index contributed by atoms with van der Waals surface area (Å²) in [5.74, 6) is -0.613. The van der Waals surface area contributed by atoms with Gasteiger partial charge in [0.2, 0.25) is 5.91 Å². The number of quaternary nitrogens is 1. The number of unbranched alkanes of at least 4 members (excludes halogenated alkanes) is 22. The topological polar surface area (TPSA) is 111 Å². The highest BCUT2D eigenvalue weighted by molar-refractivity contribution is 7.47. The largest absolute Gasteiger partial charge is 0.472 e. The van der Waals surface area contributed by atoms with Gasteiger partial charge in [0.05, 0.1) is 33.8 Å². The van der Waals surface area contributed by atoms with Crippen LogP contribution in [0.4, 0.5) is 0 Å². The monoisotopic (exact) mass is 1040 g/mol. The van der Waals surface area contributed by atoms with Crippen LogP contribution in [0.25, 0.3) is 0 Å². The number of amides is 1. The van der Waals surface area contributed by atoms with Gasteiger partial charge in [-0.15, -0.1) is 0 Å². The van der Waals surface area contributed by atoms with Crippen LogP contribution in [0.5, 0.6) is 0 Å². The average Bonchev–Trinajstić information content (AvgIpc) is 3.35. The van der Waals surface area contributed by atoms with E-state index >= 15 is 0 Å². The molecule has 0 radical (unpaired) electrons. The van der Waals surface area contributed by atoms with Crippen LogP contribution in [-0.2, 0) is 27.9 Å². The summed E-state index contributed by atoms with van der Waals surface area (Å²) in [7, 11) is 1.44. The highest BCUT2D eigenvalue weighted by Crippen LogP contribution is 2.43. The number of carbonyl (C=O) groups excluding carboxylic acids is 2. The molecule has 0 aliphatic heterocycles. The first-order valence-electron chi connectivity index (χ1n) is 29.6. The minimum Gasteiger partial charge on any atom is -0.456 e. The van der Waals surface area contributed by atoms with Gasteiger partial charge in [-0.2, -0.15) is 0 Å². The van der Waals surface area contributed by atoms with Crippen molar-refractivity contribution < 1.29 is 37.3 Å². The molecule has 0 aliphatic rings. The minimum atomic E-state index is -4.47. The fourth-order valence-corrected chi connectivity index (χ4v) is 8.70.